The lowest BCUT2D eigenvalue weighted by atomic mass is 10.2. The zero-order valence-corrected chi connectivity index (χ0v) is 10.5. The SMILES string of the molecule is Cc1ccc(OCCc2noc(CC(=O)O)n2)cc1. The van der Waals surface area contributed by atoms with Crippen molar-refractivity contribution < 1.29 is 19.2 Å². The van der Waals surface area contributed by atoms with Crippen molar-refractivity contribution in [2.45, 2.75) is 19.8 Å². The molecule has 0 unspecified atom stereocenters. The number of carbonyl (C=O) groups is 1. The first-order chi connectivity index (χ1) is 9.13. The predicted octanol–water partition coefficient (Wildman–Crippen LogP) is 1.63. The molecule has 2 aromatic rings. The van der Waals surface area contributed by atoms with Crippen LogP contribution in [0.2, 0.25) is 0 Å². The summed E-state index contributed by atoms with van der Waals surface area (Å²) in [7, 11) is 0. The van der Waals surface area contributed by atoms with Gasteiger partial charge in [-0.15, -0.1) is 0 Å². The van der Waals surface area contributed by atoms with Crippen LogP contribution in [0, 0.1) is 6.92 Å². The molecule has 1 aromatic heterocycles. The van der Waals surface area contributed by atoms with E-state index in [4.69, 9.17) is 14.4 Å². The summed E-state index contributed by atoms with van der Waals surface area (Å²) in [5, 5.41) is 12.3. The summed E-state index contributed by atoms with van der Waals surface area (Å²) in [5.74, 6) is 0.340. The molecule has 1 heterocycles. The molecule has 0 amide bonds. The second kappa shape index (κ2) is 5.99. The minimum absolute atomic E-state index is 0.109. The summed E-state index contributed by atoms with van der Waals surface area (Å²) in [6.45, 7) is 2.42. The monoisotopic (exact) mass is 262 g/mol. The smallest absolute Gasteiger partial charge is 0.312 e. The van der Waals surface area contributed by atoms with Crippen molar-refractivity contribution >= 4 is 5.97 Å². The van der Waals surface area contributed by atoms with Crippen molar-refractivity contribution in [1.29, 1.82) is 0 Å². The number of nitrogens with zero attached hydrogens (tertiary/aromatic N) is 2. The Labute approximate surface area is 110 Å². The number of aromatic nitrogens is 2. The van der Waals surface area contributed by atoms with Gasteiger partial charge < -0.3 is 14.4 Å². The maximum atomic E-state index is 10.5. The molecule has 0 fully saturated rings. The van der Waals surface area contributed by atoms with Gasteiger partial charge in [0.1, 0.15) is 12.2 Å². The standard InChI is InChI=1S/C13H14N2O4/c1-9-2-4-10(5-3-9)18-7-6-11-14-12(19-15-11)8-13(16)17/h2-5H,6-8H2,1H3,(H,16,17). The van der Waals surface area contributed by atoms with E-state index in [1.807, 2.05) is 31.2 Å². The van der Waals surface area contributed by atoms with Crippen LogP contribution < -0.4 is 4.74 Å². The van der Waals surface area contributed by atoms with E-state index < -0.39 is 5.97 Å². The molecule has 2 rings (SSSR count). The fraction of sp³-hybridized carbons (Fsp3) is 0.308. The predicted molar refractivity (Wildman–Crippen MR) is 66.0 cm³/mol. The Morgan fingerprint density at radius 2 is 2.11 bits per heavy atom. The van der Waals surface area contributed by atoms with Crippen LogP contribution in [0.4, 0.5) is 0 Å². The van der Waals surface area contributed by atoms with E-state index in [9.17, 15) is 4.79 Å². The molecule has 0 bridgehead atoms. The van der Waals surface area contributed by atoms with Gasteiger partial charge in [-0.2, -0.15) is 4.98 Å². The van der Waals surface area contributed by atoms with Crippen molar-refractivity contribution in [1.82, 2.24) is 10.1 Å². The van der Waals surface area contributed by atoms with Gasteiger partial charge in [-0.25, -0.2) is 0 Å². The second-order valence-corrected chi connectivity index (χ2v) is 4.09. The maximum Gasteiger partial charge on any atom is 0.312 e. The third kappa shape index (κ3) is 4.09. The van der Waals surface area contributed by atoms with E-state index in [0.717, 1.165) is 5.75 Å². The highest BCUT2D eigenvalue weighted by molar-refractivity contribution is 5.68. The molecule has 6 nitrogen and oxygen atoms in total. The molecule has 0 spiro atoms. The maximum absolute atomic E-state index is 10.5. The van der Waals surface area contributed by atoms with Crippen LogP contribution in [0.1, 0.15) is 17.3 Å². The molecule has 0 aliphatic rings. The summed E-state index contributed by atoms with van der Waals surface area (Å²) in [6, 6.07) is 7.71. The first-order valence-electron chi connectivity index (χ1n) is 5.86. The Balaban J connectivity index is 1.80. The molecule has 1 aromatic carbocycles. The lowest BCUT2D eigenvalue weighted by Gasteiger charge is -2.04. The molecule has 0 saturated carbocycles. The van der Waals surface area contributed by atoms with E-state index >= 15 is 0 Å². The number of carboxylic acids is 1. The van der Waals surface area contributed by atoms with Crippen LogP contribution >= 0.6 is 0 Å². The average molecular weight is 262 g/mol. The van der Waals surface area contributed by atoms with Gasteiger partial charge in [0.25, 0.3) is 0 Å². The Morgan fingerprint density at radius 3 is 2.79 bits per heavy atom. The van der Waals surface area contributed by atoms with Crippen molar-refractivity contribution in [2.24, 2.45) is 0 Å². The van der Waals surface area contributed by atoms with Crippen LogP contribution in [0.5, 0.6) is 5.75 Å². The molecule has 0 aliphatic carbocycles. The molecule has 0 saturated heterocycles. The zero-order chi connectivity index (χ0) is 13.7. The molecule has 1 N–H and O–H groups in total. The molecule has 19 heavy (non-hydrogen) atoms. The van der Waals surface area contributed by atoms with Gasteiger partial charge in [0.15, 0.2) is 5.82 Å². The summed E-state index contributed by atoms with van der Waals surface area (Å²) in [4.78, 5) is 14.4. The highest BCUT2D eigenvalue weighted by Gasteiger charge is 2.09. The minimum atomic E-state index is -0.994. The van der Waals surface area contributed by atoms with Crippen molar-refractivity contribution in [3.05, 3.63) is 41.5 Å². The lowest BCUT2D eigenvalue weighted by molar-refractivity contribution is -0.136. The molecule has 0 aliphatic heterocycles. The first-order valence-corrected chi connectivity index (χ1v) is 5.86. The van der Waals surface area contributed by atoms with Gasteiger partial charge >= 0.3 is 5.97 Å². The molecular formula is C13H14N2O4. The summed E-state index contributed by atoms with van der Waals surface area (Å²) >= 11 is 0. The third-order valence-electron chi connectivity index (χ3n) is 2.43. The Morgan fingerprint density at radius 1 is 1.37 bits per heavy atom. The minimum Gasteiger partial charge on any atom is -0.493 e. The summed E-state index contributed by atoms with van der Waals surface area (Å²) in [6.07, 6.45) is 0.211. The summed E-state index contributed by atoms with van der Waals surface area (Å²) in [5.41, 5.74) is 1.17. The van der Waals surface area contributed by atoms with Crippen molar-refractivity contribution in [3.8, 4) is 5.75 Å². The number of hydrogen-bond donors (Lipinski definition) is 1. The van der Waals surface area contributed by atoms with Crippen LogP contribution in [-0.4, -0.2) is 27.8 Å². The zero-order valence-electron chi connectivity index (χ0n) is 10.5. The highest BCUT2D eigenvalue weighted by Crippen LogP contribution is 2.11. The fourth-order valence-electron chi connectivity index (χ4n) is 1.49. The summed E-state index contributed by atoms with van der Waals surface area (Å²) < 4.78 is 10.3. The van der Waals surface area contributed by atoms with Crippen LogP contribution in [0.3, 0.4) is 0 Å². The topological polar surface area (TPSA) is 85.5 Å². The largest absolute Gasteiger partial charge is 0.493 e. The lowest BCUT2D eigenvalue weighted by Crippen LogP contribution is -2.04. The average Bonchev–Trinajstić information content (AvgIpc) is 2.78. The van der Waals surface area contributed by atoms with Gasteiger partial charge in [-0.1, -0.05) is 22.9 Å². The molecule has 0 radical (unpaired) electrons. The first kappa shape index (κ1) is 13.1. The number of hydrogen-bond acceptors (Lipinski definition) is 5. The Kier molecular flexibility index (Phi) is 4.12. The van der Waals surface area contributed by atoms with E-state index in [0.29, 0.717) is 18.9 Å². The van der Waals surface area contributed by atoms with E-state index in [2.05, 4.69) is 10.1 Å². The number of ether oxygens (including phenoxy) is 1. The number of benzene rings is 1. The molecule has 0 atom stereocenters. The number of aliphatic carboxylic acids is 1. The van der Waals surface area contributed by atoms with Crippen LogP contribution in [-0.2, 0) is 17.6 Å². The normalized spacial score (nSPS) is 10.4. The second-order valence-electron chi connectivity index (χ2n) is 4.09. The van der Waals surface area contributed by atoms with Crippen LogP contribution in [0.25, 0.3) is 0 Å². The fourth-order valence-corrected chi connectivity index (χ4v) is 1.49. The van der Waals surface area contributed by atoms with Gasteiger partial charge in [0.05, 0.1) is 6.61 Å². The van der Waals surface area contributed by atoms with Crippen LogP contribution in [0.15, 0.2) is 28.8 Å². The number of rotatable bonds is 6. The third-order valence-corrected chi connectivity index (χ3v) is 2.43. The molecular weight excluding hydrogens is 248 g/mol. The van der Waals surface area contributed by atoms with Gasteiger partial charge in [0.2, 0.25) is 5.89 Å². The Bertz CT molecular complexity index is 548. The van der Waals surface area contributed by atoms with Crippen molar-refractivity contribution in [2.75, 3.05) is 6.61 Å². The van der Waals surface area contributed by atoms with Gasteiger partial charge in [-0.05, 0) is 19.1 Å². The van der Waals surface area contributed by atoms with E-state index in [1.54, 1.807) is 0 Å². The highest BCUT2D eigenvalue weighted by atomic mass is 16.5. The Hall–Kier alpha value is -2.37. The number of carboxylic acid groups (broad SMARTS) is 1. The van der Waals surface area contributed by atoms with E-state index in [1.165, 1.54) is 5.56 Å². The molecule has 6 heteroatoms. The van der Waals surface area contributed by atoms with Crippen molar-refractivity contribution in [3.63, 3.8) is 0 Å². The van der Waals surface area contributed by atoms with Gasteiger partial charge in [0, 0.05) is 6.42 Å². The molecule has 100 valence electrons. The van der Waals surface area contributed by atoms with E-state index in [-0.39, 0.29) is 12.3 Å². The quantitative estimate of drug-likeness (QED) is 0.851. The number of aryl methyl sites for hydroxylation is 1. The van der Waals surface area contributed by atoms with Gasteiger partial charge in [-0.3, -0.25) is 4.79 Å².